The predicted molar refractivity (Wildman–Crippen MR) is 66.9 cm³/mol. The summed E-state index contributed by atoms with van der Waals surface area (Å²) in [7, 11) is 0. The first-order chi connectivity index (χ1) is 8.75. The van der Waals surface area contributed by atoms with Crippen molar-refractivity contribution in [1.29, 1.82) is 0 Å². The van der Waals surface area contributed by atoms with Gasteiger partial charge in [-0.2, -0.15) is 0 Å². The van der Waals surface area contributed by atoms with Crippen LogP contribution in [0.25, 0.3) is 22.9 Å². The van der Waals surface area contributed by atoms with E-state index in [1.807, 2.05) is 44.2 Å². The van der Waals surface area contributed by atoms with Gasteiger partial charge in [0.2, 0.25) is 5.89 Å². The van der Waals surface area contributed by atoms with Crippen molar-refractivity contribution >= 4 is 0 Å². The number of furan rings is 1. The Balaban J connectivity index is 2.05. The average molecular weight is 240 g/mol. The minimum atomic E-state index is 0.486. The third-order valence-corrected chi connectivity index (χ3v) is 2.89. The molecule has 0 saturated carbocycles. The zero-order valence-electron chi connectivity index (χ0n) is 10.2. The van der Waals surface area contributed by atoms with Crippen LogP contribution in [0.5, 0.6) is 0 Å². The molecule has 0 radical (unpaired) electrons. The summed E-state index contributed by atoms with van der Waals surface area (Å²) in [6, 6.07) is 9.74. The first kappa shape index (κ1) is 10.8. The minimum absolute atomic E-state index is 0.486. The molecule has 0 atom stereocenters. The van der Waals surface area contributed by atoms with E-state index in [-0.39, 0.29) is 0 Å². The highest BCUT2D eigenvalue weighted by atomic mass is 16.4. The molecule has 4 heteroatoms. The van der Waals surface area contributed by atoms with Crippen LogP contribution in [-0.4, -0.2) is 10.2 Å². The Labute approximate surface area is 104 Å². The second-order valence-corrected chi connectivity index (χ2v) is 4.12. The molecule has 3 aromatic rings. The zero-order valence-corrected chi connectivity index (χ0v) is 10.2. The minimum Gasteiger partial charge on any atom is -0.469 e. The molecule has 0 saturated heterocycles. The highest BCUT2D eigenvalue weighted by Crippen LogP contribution is 2.27. The fourth-order valence-electron chi connectivity index (χ4n) is 1.86. The molecular formula is C14H12N2O2. The average Bonchev–Trinajstić information content (AvgIpc) is 2.98. The smallest absolute Gasteiger partial charge is 0.251 e. The fourth-order valence-corrected chi connectivity index (χ4v) is 1.86. The number of nitrogens with zero attached hydrogens (tertiary/aromatic N) is 2. The Morgan fingerprint density at radius 3 is 2.28 bits per heavy atom. The molecule has 0 fully saturated rings. The number of benzene rings is 1. The summed E-state index contributed by atoms with van der Waals surface area (Å²) in [5, 5.41) is 8.15. The van der Waals surface area contributed by atoms with Crippen LogP contribution in [0.3, 0.4) is 0 Å². The second kappa shape index (κ2) is 4.14. The van der Waals surface area contributed by atoms with Crippen LogP contribution in [0.4, 0.5) is 0 Å². The summed E-state index contributed by atoms with van der Waals surface area (Å²) in [5.74, 6) is 1.79. The van der Waals surface area contributed by atoms with Crippen LogP contribution in [0, 0.1) is 13.8 Å². The van der Waals surface area contributed by atoms with Gasteiger partial charge in [0, 0.05) is 5.56 Å². The van der Waals surface area contributed by atoms with Crippen molar-refractivity contribution in [2.24, 2.45) is 0 Å². The van der Waals surface area contributed by atoms with Gasteiger partial charge in [-0.15, -0.1) is 10.2 Å². The summed E-state index contributed by atoms with van der Waals surface area (Å²) < 4.78 is 10.9. The molecule has 0 aliphatic rings. The Bertz CT molecular complexity index is 682. The largest absolute Gasteiger partial charge is 0.469 e. The van der Waals surface area contributed by atoms with Gasteiger partial charge in [0.1, 0.15) is 5.76 Å². The monoisotopic (exact) mass is 240 g/mol. The van der Waals surface area contributed by atoms with Gasteiger partial charge in [-0.05, 0) is 31.5 Å². The molecule has 4 nitrogen and oxygen atoms in total. The Hall–Kier alpha value is -2.36. The lowest BCUT2D eigenvalue weighted by Crippen LogP contribution is -1.81. The van der Waals surface area contributed by atoms with Crippen molar-refractivity contribution < 1.29 is 8.83 Å². The van der Waals surface area contributed by atoms with Gasteiger partial charge >= 0.3 is 0 Å². The number of rotatable bonds is 2. The van der Waals surface area contributed by atoms with Crippen molar-refractivity contribution in [3.05, 3.63) is 47.9 Å². The topological polar surface area (TPSA) is 52.1 Å². The van der Waals surface area contributed by atoms with Crippen molar-refractivity contribution in [2.45, 2.75) is 13.8 Å². The molecule has 90 valence electrons. The molecule has 0 spiro atoms. The van der Waals surface area contributed by atoms with Gasteiger partial charge in [-0.3, -0.25) is 0 Å². The van der Waals surface area contributed by atoms with Gasteiger partial charge < -0.3 is 8.83 Å². The van der Waals surface area contributed by atoms with E-state index in [4.69, 9.17) is 8.83 Å². The fraction of sp³-hybridized carbons (Fsp3) is 0.143. The van der Waals surface area contributed by atoms with E-state index in [0.717, 1.165) is 22.5 Å². The molecule has 2 aromatic heterocycles. The Morgan fingerprint density at radius 2 is 1.61 bits per heavy atom. The molecule has 0 amide bonds. The van der Waals surface area contributed by atoms with Gasteiger partial charge in [0.25, 0.3) is 5.89 Å². The summed E-state index contributed by atoms with van der Waals surface area (Å²) in [5.41, 5.74) is 2.90. The third kappa shape index (κ3) is 1.72. The van der Waals surface area contributed by atoms with Crippen molar-refractivity contribution in [2.75, 3.05) is 0 Å². The maximum absolute atomic E-state index is 5.69. The normalized spacial score (nSPS) is 10.8. The molecule has 2 heterocycles. The van der Waals surface area contributed by atoms with Crippen molar-refractivity contribution in [3.63, 3.8) is 0 Å². The molecule has 18 heavy (non-hydrogen) atoms. The van der Waals surface area contributed by atoms with Crippen LogP contribution < -0.4 is 0 Å². The summed E-state index contributed by atoms with van der Waals surface area (Å²) in [6.07, 6.45) is 1.61. The van der Waals surface area contributed by atoms with Crippen LogP contribution in [-0.2, 0) is 0 Å². The number of hydrogen-bond acceptors (Lipinski definition) is 4. The van der Waals surface area contributed by atoms with E-state index in [2.05, 4.69) is 10.2 Å². The van der Waals surface area contributed by atoms with E-state index in [1.54, 1.807) is 6.26 Å². The number of aryl methyl sites for hydroxylation is 2. The van der Waals surface area contributed by atoms with Gasteiger partial charge in [-0.25, -0.2) is 0 Å². The molecule has 1 aromatic carbocycles. The van der Waals surface area contributed by atoms with Gasteiger partial charge in [-0.1, -0.05) is 18.2 Å². The first-order valence-corrected chi connectivity index (χ1v) is 5.69. The maximum Gasteiger partial charge on any atom is 0.251 e. The lowest BCUT2D eigenvalue weighted by Gasteiger charge is -1.98. The molecule has 3 rings (SSSR count). The second-order valence-electron chi connectivity index (χ2n) is 4.12. The van der Waals surface area contributed by atoms with Crippen LogP contribution >= 0.6 is 0 Å². The van der Waals surface area contributed by atoms with Crippen molar-refractivity contribution in [1.82, 2.24) is 10.2 Å². The standard InChI is InChI=1S/C14H12N2O2/c1-9-5-3-4-6-11(9)13-15-16-14(18-13)12-7-8-17-10(12)2/h3-8H,1-2H3. The first-order valence-electron chi connectivity index (χ1n) is 5.69. The van der Waals surface area contributed by atoms with E-state index in [0.29, 0.717) is 11.8 Å². The van der Waals surface area contributed by atoms with E-state index in [9.17, 15) is 0 Å². The summed E-state index contributed by atoms with van der Waals surface area (Å²) in [4.78, 5) is 0. The molecule has 0 aliphatic carbocycles. The highest BCUT2D eigenvalue weighted by Gasteiger charge is 2.14. The molecular weight excluding hydrogens is 228 g/mol. The van der Waals surface area contributed by atoms with Gasteiger partial charge in [0.05, 0.1) is 11.8 Å². The van der Waals surface area contributed by atoms with E-state index >= 15 is 0 Å². The zero-order chi connectivity index (χ0) is 12.5. The lowest BCUT2D eigenvalue weighted by atomic mass is 10.1. The SMILES string of the molecule is Cc1ccccc1-c1nnc(-c2ccoc2C)o1. The quantitative estimate of drug-likeness (QED) is 0.686. The van der Waals surface area contributed by atoms with Crippen LogP contribution in [0.15, 0.2) is 45.4 Å². The van der Waals surface area contributed by atoms with Crippen molar-refractivity contribution in [3.8, 4) is 22.9 Å². The molecule has 0 unspecified atom stereocenters. The Morgan fingerprint density at radius 1 is 0.889 bits per heavy atom. The summed E-state index contributed by atoms with van der Waals surface area (Å²) in [6.45, 7) is 3.88. The third-order valence-electron chi connectivity index (χ3n) is 2.89. The molecule has 0 bridgehead atoms. The van der Waals surface area contributed by atoms with Crippen LogP contribution in [0.1, 0.15) is 11.3 Å². The number of hydrogen-bond donors (Lipinski definition) is 0. The molecule has 0 aliphatic heterocycles. The van der Waals surface area contributed by atoms with Gasteiger partial charge in [0.15, 0.2) is 0 Å². The van der Waals surface area contributed by atoms with Crippen LogP contribution in [0.2, 0.25) is 0 Å². The lowest BCUT2D eigenvalue weighted by molar-refractivity contribution is 0.530. The molecule has 0 N–H and O–H groups in total. The van der Waals surface area contributed by atoms with E-state index in [1.165, 1.54) is 0 Å². The van der Waals surface area contributed by atoms with E-state index < -0.39 is 0 Å². The number of aromatic nitrogens is 2. The highest BCUT2D eigenvalue weighted by molar-refractivity contribution is 5.61. The predicted octanol–water partition coefficient (Wildman–Crippen LogP) is 3.61. The maximum atomic E-state index is 5.69. The summed E-state index contributed by atoms with van der Waals surface area (Å²) >= 11 is 0. The Kier molecular flexibility index (Phi) is 2.48.